The number of nitrogens with zero attached hydrogens (tertiary/aromatic N) is 3. The van der Waals surface area contributed by atoms with Gasteiger partial charge >= 0.3 is 5.97 Å². The third-order valence-corrected chi connectivity index (χ3v) is 7.94. The van der Waals surface area contributed by atoms with Crippen molar-refractivity contribution < 1.29 is 33.5 Å². The molecule has 40 heavy (non-hydrogen) atoms. The number of hydrogen-bond donors (Lipinski definition) is 4. The molecule has 6 rings (SSSR count). The zero-order valence-electron chi connectivity index (χ0n) is 22.0. The third-order valence-electron chi connectivity index (χ3n) is 7.94. The smallest absolute Gasteiger partial charge is 0.339 e. The summed E-state index contributed by atoms with van der Waals surface area (Å²) < 4.78 is 6.36. The van der Waals surface area contributed by atoms with Crippen molar-refractivity contribution in [2.24, 2.45) is 18.4 Å². The molecule has 4 N–H and O–H groups in total. The first kappa shape index (κ1) is 25.3. The Bertz CT molecular complexity index is 1650. The Labute approximate surface area is 226 Å². The first-order chi connectivity index (χ1) is 18.9. The average Bonchev–Trinajstić information content (AvgIpc) is 3.26. The van der Waals surface area contributed by atoms with E-state index in [0.29, 0.717) is 24.4 Å². The van der Waals surface area contributed by atoms with Crippen LogP contribution in [0.3, 0.4) is 0 Å². The molecule has 14 heteroatoms. The molecule has 206 valence electrons. The summed E-state index contributed by atoms with van der Waals surface area (Å²) in [5, 5.41) is 7.96. The number of carbonyl (C=O) groups excluding carboxylic acids is 6. The van der Waals surface area contributed by atoms with Gasteiger partial charge in [0.1, 0.15) is 11.5 Å². The lowest BCUT2D eigenvalue weighted by Crippen LogP contribution is -2.52. The van der Waals surface area contributed by atoms with E-state index in [1.54, 1.807) is 17.8 Å². The van der Waals surface area contributed by atoms with Crippen LogP contribution in [0.2, 0.25) is 0 Å². The molecule has 2 aromatic rings. The van der Waals surface area contributed by atoms with E-state index < -0.39 is 40.3 Å². The summed E-state index contributed by atoms with van der Waals surface area (Å²) >= 11 is 0. The van der Waals surface area contributed by atoms with Gasteiger partial charge in [0, 0.05) is 49.5 Å². The standard InChI is InChI=1S/C26H25N7O7/c1-11(34)28-17-8-27-21(30-17)22(37)29-13-5-14(32(3)10-13)23(38)33-9-12-7-26(12)16(33)6-15(35)19-18(26)20(36)25(2,31-19)24(39)40-4/h5-6,8,10,12,31H,7,9H2,1-4H3,(H,27,30)(H,28,34)(H,29,37)/t12-,25-,26+/m1/s1. The lowest BCUT2D eigenvalue weighted by Gasteiger charge is -2.28. The zero-order valence-corrected chi connectivity index (χ0v) is 22.0. The maximum atomic E-state index is 13.7. The fourth-order valence-electron chi connectivity index (χ4n) is 6.01. The van der Waals surface area contributed by atoms with Crippen molar-refractivity contribution >= 4 is 46.8 Å². The molecule has 3 atom stereocenters. The van der Waals surface area contributed by atoms with Gasteiger partial charge in [-0.1, -0.05) is 0 Å². The molecular weight excluding hydrogens is 522 g/mol. The highest BCUT2D eigenvalue weighted by Gasteiger charge is 2.73. The number of H-pyrrole nitrogens is 1. The molecule has 0 radical (unpaired) electrons. The number of allylic oxidation sites excluding steroid dienone is 2. The molecule has 0 aromatic carbocycles. The quantitative estimate of drug-likeness (QED) is 0.301. The van der Waals surface area contributed by atoms with Crippen molar-refractivity contribution in [3.8, 4) is 0 Å². The van der Waals surface area contributed by atoms with Gasteiger partial charge in [0.15, 0.2) is 17.1 Å². The molecular formula is C26H25N7O7. The second-order valence-electron chi connectivity index (χ2n) is 10.5. The number of ether oxygens (including phenoxy) is 1. The number of methoxy groups -OCH3 is 1. The van der Waals surface area contributed by atoms with Gasteiger partial charge in [0.05, 0.1) is 24.7 Å². The van der Waals surface area contributed by atoms with Crippen molar-refractivity contribution in [3.63, 3.8) is 0 Å². The molecule has 1 saturated carbocycles. The van der Waals surface area contributed by atoms with E-state index in [1.807, 2.05) is 0 Å². The van der Waals surface area contributed by atoms with Crippen LogP contribution >= 0.6 is 0 Å². The number of hydrogen-bond acceptors (Lipinski definition) is 9. The molecule has 0 bridgehead atoms. The number of aromatic nitrogens is 3. The monoisotopic (exact) mass is 547 g/mol. The molecule has 4 heterocycles. The van der Waals surface area contributed by atoms with Crippen molar-refractivity contribution in [3.05, 3.63) is 53.0 Å². The molecule has 3 amide bonds. The van der Waals surface area contributed by atoms with E-state index in [0.717, 1.165) is 0 Å². The number of amides is 3. The third kappa shape index (κ3) is 3.38. The van der Waals surface area contributed by atoms with Gasteiger partial charge in [0.2, 0.25) is 11.7 Å². The number of aryl methyl sites for hydroxylation is 1. The van der Waals surface area contributed by atoms with Gasteiger partial charge in [-0.05, 0) is 25.3 Å². The minimum atomic E-state index is -1.71. The number of aromatic amines is 1. The number of Topliss-reactive ketones (excluding diaryl/α,β-unsaturated/α-hetero) is 1. The normalized spacial score (nSPS) is 25.9. The fourth-order valence-corrected chi connectivity index (χ4v) is 6.01. The second-order valence-corrected chi connectivity index (χ2v) is 10.5. The lowest BCUT2D eigenvalue weighted by atomic mass is 9.80. The van der Waals surface area contributed by atoms with E-state index in [4.69, 9.17) is 4.74 Å². The maximum absolute atomic E-state index is 13.7. The Morgan fingerprint density at radius 2 is 1.95 bits per heavy atom. The van der Waals surface area contributed by atoms with Crippen LogP contribution in [0.15, 0.2) is 41.5 Å². The number of nitrogens with one attached hydrogen (secondary N) is 4. The van der Waals surface area contributed by atoms with Gasteiger partial charge in [0.25, 0.3) is 11.8 Å². The molecule has 2 aliphatic carbocycles. The summed E-state index contributed by atoms with van der Waals surface area (Å²) in [6, 6.07) is 1.50. The number of rotatable bonds is 5. The topological polar surface area (TPSA) is 185 Å². The van der Waals surface area contributed by atoms with Crippen LogP contribution in [0, 0.1) is 11.3 Å². The highest BCUT2D eigenvalue weighted by molar-refractivity contribution is 6.26. The molecule has 1 saturated heterocycles. The molecule has 1 spiro atoms. The van der Waals surface area contributed by atoms with Gasteiger partial charge in [-0.15, -0.1) is 0 Å². The van der Waals surface area contributed by atoms with E-state index in [1.165, 1.54) is 44.2 Å². The Balaban J connectivity index is 1.23. The SMILES string of the molecule is COC(=O)[C@]1(C)NC2=C(C1=O)[C@@]13C[C@@H]1CN(C(=O)c1cc(NC(=O)c4ncc(NC(C)=O)[nH]4)cn1C)C3=CC2=O. The van der Waals surface area contributed by atoms with Gasteiger partial charge in [-0.2, -0.15) is 0 Å². The largest absolute Gasteiger partial charge is 0.467 e. The lowest BCUT2D eigenvalue weighted by molar-refractivity contribution is -0.150. The van der Waals surface area contributed by atoms with Gasteiger partial charge < -0.3 is 35.1 Å². The van der Waals surface area contributed by atoms with Crippen molar-refractivity contribution in [1.29, 1.82) is 0 Å². The van der Waals surface area contributed by atoms with Crippen molar-refractivity contribution in [1.82, 2.24) is 24.8 Å². The predicted molar refractivity (Wildman–Crippen MR) is 137 cm³/mol. The number of carbonyl (C=O) groups is 6. The van der Waals surface area contributed by atoms with Crippen LogP contribution in [0.25, 0.3) is 0 Å². The molecule has 4 aliphatic rings. The van der Waals surface area contributed by atoms with E-state index in [-0.39, 0.29) is 40.4 Å². The Morgan fingerprint density at radius 1 is 1.20 bits per heavy atom. The predicted octanol–water partition coefficient (Wildman–Crippen LogP) is 0.246. The summed E-state index contributed by atoms with van der Waals surface area (Å²) in [5.41, 5.74) is -1.20. The van der Waals surface area contributed by atoms with Crippen LogP contribution in [-0.4, -0.2) is 73.9 Å². The summed E-state index contributed by atoms with van der Waals surface area (Å²) in [6.07, 6.45) is 4.81. The summed E-state index contributed by atoms with van der Waals surface area (Å²) in [5.74, 6) is -2.96. The highest BCUT2D eigenvalue weighted by atomic mass is 16.5. The Hall–Kier alpha value is -5.01. The molecule has 2 aliphatic heterocycles. The van der Waals surface area contributed by atoms with E-state index in [2.05, 4.69) is 25.9 Å². The number of esters is 1. The fraction of sp³-hybridized carbons (Fsp3) is 0.346. The van der Waals surface area contributed by atoms with Crippen LogP contribution in [0.4, 0.5) is 11.5 Å². The van der Waals surface area contributed by atoms with Crippen LogP contribution < -0.4 is 16.0 Å². The number of anilines is 2. The molecule has 2 fully saturated rings. The van der Waals surface area contributed by atoms with Crippen LogP contribution in [0.1, 0.15) is 41.4 Å². The summed E-state index contributed by atoms with van der Waals surface area (Å²) in [6.45, 7) is 3.01. The molecule has 0 unspecified atom stereocenters. The minimum Gasteiger partial charge on any atom is -0.467 e. The minimum absolute atomic E-state index is 0.0363. The second kappa shape index (κ2) is 8.24. The van der Waals surface area contributed by atoms with E-state index >= 15 is 0 Å². The van der Waals surface area contributed by atoms with Crippen molar-refractivity contribution in [2.45, 2.75) is 25.8 Å². The maximum Gasteiger partial charge on any atom is 0.339 e. The van der Waals surface area contributed by atoms with Crippen LogP contribution in [0.5, 0.6) is 0 Å². The zero-order chi connectivity index (χ0) is 28.7. The first-order valence-electron chi connectivity index (χ1n) is 12.5. The average molecular weight is 548 g/mol. The summed E-state index contributed by atoms with van der Waals surface area (Å²) in [4.78, 5) is 84.7. The molecule has 2 aromatic heterocycles. The Morgan fingerprint density at radius 3 is 2.65 bits per heavy atom. The number of likely N-dealkylation sites (tertiary alicyclic amines) is 1. The number of imidazole rings is 1. The first-order valence-corrected chi connectivity index (χ1v) is 12.5. The van der Waals surface area contributed by atoms with Gasteiger partial charge in [-0.25, -0.2) is 9.78 Å². The highest BCUT2D eigenvalue weighted by Crippen LogP contribution is 2.70. The van der Waals surface area contributed by atoms with Crippen LogP contribution in [-0.2, 0) is 31.0 Å². The summed E-state index contributed by atoms with van der Waals surface area (Å²) in [7, 11) is 2.82. The Kier molecular flexibility index (Phi) is 5.21. The van der Waals surface area contributed by atoms with Gasteiger partial charge in [-0.3, -0.25) is 24.0 Å². The number of ketones is 2. The van der Waals surface area contributed by atoms with E-state index in [9.17, 15) is 28.8 Å². The van der Waals surface area contributed by atoms with Crippen molar-refractivity contribution in [2.75, 3.05) is 24.3 Å². The molecule has 14 nitrogen and oxygen atoms in total. The number of piperidine rings is 1.